The lowest BCUT2D eigenvalue weighted by atomic mass is 10.1. The molecule has 4 nitrogen and oxygen atoms in total. The van der Waals surface area contributed by atoms with Gasteiger partial charge in [0.05, 0.1) is 6.04 Å². The molecule has 0 radical (unpaired) electrons. The molecule has 0 heterocycles. The van der Waals surface area contributed by atoms with Crippen molar-refractivity contribution in [3.05, 3.63) is 65.5 Å². The third-order valence-electron chi connectivity index (χ3n) is 3.30. The highest BCUT2D eigenvalue weighted by molar-refractivity contribution is 6.39. The highest BCUT2D eigenvalue weighted by atomic mass is 19.1. The van der Waals surface area contributed by atoms with E-state index in [1.54, 1.807) is 13.8 Å². The van der Waals surface area contributed by atoms with E-state index in [2.05, 4.69) is 10.6 Å². The van der Waals surface area contributed by atoms with Gasteiger partial charge in [0.25, 0.3) is 0 Å². The standard InChI is InChI=1S/C17H17FN2O2/c1-11-8-9-14(18)10-15(11)20-17(22)16(21)19-12(2)13-6-4-3-5-7-13/h3-10,12H,1-2H3,(H,19,21)(H,20,22)/t12-/m1/s1. The molecule has 0 aliphatic heterocycles. The van der Waals surface area contributed by atoms with Crippen molar-refractivity contribution < 1.29 is 14.0 Å². The van der Waals surface area contributed by atoms with Gasteiger partial charge < -0.3 is 10.6 Å². The van der Waals surface area contributed by atoms with Crippen LogP contribution in [0, 0.1) is 12.7 Å². The van der Waals surface area contributed by atoms with Crippen LogP contribution < -0.4 is 10.6 Å². The smallest absolute Gasteiger partial charge is 0.313 e. The zero-order valence-electron chi connectivity index (χ0n) is 12.4. The van der Waals surface area contributed by atoms with Gasteiger partial charge >= 0.3 is 11.8 Å². The van der Waals surface area contributed by atoms with Gasteiger partial charge in [-0.2, -0.15) is 0 Å². The summed E-state index contributed by atoms with van der Waals surface area (Å²) >= 11 is 0. The Bertz CT molecular complexity index is 686. The first kappa shape index (κ1) is 15.7. The van der Waals surface area contributed by atoms with E-state index in [4.69, 9.17) is 0 Å². The first-order valence-corrected chi connectivity index (χ1v) is 6.90. The number of benzene rings is 2. The summed E-state index contributed by atoms with van der Waals surface area (Å²) in [6.45, 7) is 3.51. The first-order chi connectivity index (χ1) is 10.5. The number of halogens is 1. The summed E-state index contributed by atoms with van der Waals surface area (Å²) in [6, 6.07) is 13.0. The van der Waals surface area contributed by atoms with Gasteiger partial charge in [-0.3, -0.25) is 9.59 Å². The number of anilines is 1. The van der Waals surface area contributed by atoms with Gasteiger partial charge in [0, 0.05) is 5.69 Å². The molecule has 2 rings (SSSR count). The number of hydrogen-bond donors (Lipinski definition) is 2. The van der Waals surface area contributed by atoms with Crippen LogP contribution in [0.15, 0.2) is 48.5 Å². The Kier molecular flexibility index (Phi) is 4.88. The molecule has 0 saturated heterocycles. The van der Waals surface area contributed by atoms with Gasteiger partial charge in [-0.25, -0.2) is 4.39 Å². The van der Waals surface area contributed by atoms with Crippen molar-refractivity contribution in [3.8, 4) is 0 Å². The van der Waals surface area contributed by atoms with E-state index in [0.29, 0.717) is 5.56 Å². The van der Waals surface area contributed by atoms with Crippen molar-refractivity contribution in [2.45, 2.75) is 19.9 Å². The Labute approximate surface area is 128 Å². The van der Waals surface area contributed by atoms with E-state index >= 15 is 0 Å². The van der Waals surface area contributed by atoms with Gasteiger partial charge in [-0.1, -0.05) is 36.4 Å². The number of hydrogen-bond acceptors (Lipinski definition) is 2. The summed E-state index contributed by atoms with van der Waals surface area (Å²) in [4.78, 5) is 23.8. The van der Waals surface area contributed by atoms with E-state index in [9.17, 15) is 14.0 Å². The molecule has 22 heavy (non-hydrogen) atoms. The molecule has 2 amide bonds. The van der Waals surface area contributed by atoms with Crippen LogP contribution in [-0.4, -0.2) is 11.8 Å². The second kappa shape index (κ2) is 6.85. The van der Waals surface area contributed by atoms with Gasteiger partial charge in [-0.05, 0) is 37.1 Å². The molecule has 2 N–H and O–H groups in total. The largest absolute Gasteiger partial charge is 0.341 e. The second-order valence-electron chi connectivity index (χ2n) is 5.02. The van der Waals surface area contributed by atoms with E-state index in [1.165, 1.54) is 18.2 Å². The third kappa shape index (κ3) is 3.91. The number of rotatable bonds is 3. The highest BCUT2D eigenvalue weighted by Gasteiger charge is 2.17. The topological polar surface area (TPSA) is 58.2 Å². The van der Waals surface area contributed by atoms with Crippen molar-refractivity contribution in [3.63, 3.8) is 0 Å². The Morgan fingerprint density at radius 3 is 2.41 bits per heavy atom. The van der Waals surface area contributed by atoms with E-state index < -0.39 is 17.6 Å². The Morgan fingerprint density at radius 2 is 1.73 bits per heavy atom. The molecule has 0 bridgehead atoms. The predicted octanol–water partition coefficient (Wildman–Crippen LogP) is 2.95. The monoisotopic (exact) mass is 300 g/mol. The number of carbonyl (C=O) groups is 2. The lowest BCUT2D eigenvalue weighted by Crippen LogP contribution is -2.37. The lowest BCUT2D eigenvalue weighted by Gasteiger charge is -2.14. The van der Waals surface area contributed by atoms with Crippen molar-refractivity contribution in [1.82, 2.24) is 5.32 Å². The minimum Gasteiger partial charge on any atom is -0.341 e. The van der Waals surface area contributed by atoms with Crippen LogP contribution in [0.5, 0.6) is 0 Å². The Morgan fingerprint density at radius 1 is 1.05 bits per heavy atom. The maximum Gasteiger partial charge on any atom is 0.313 e. The van der Waals surface area contributed by atoms with Crippen LogP contribution in [0.25, 0.3) is 0 Å². The zero-order chi connectivity index (χ0) is 16.1. The van der Waals surface area contributed by atoms with Crippen molar-refractivity contribution in [2.75, 3.05) is 5.32 Å². The predicted molar refractivity (Wildman–Crippen MR) is 82.8 cm³/mol. The molecule has 2 aromatic rings. The van der Waals surface area contributed by atoms with Crippen LogP contribution in [0.1, 0.15) is 24.1 Å². The quantitative estimate of drug-likeness (QED) is 0.856. The van der Waals surface area contributed by atoms with Gasteiger partial charge in [-0.15, -0.1) is 0 Å². The third-order valence-corrected chi connectivity index (χ3v) is 3.30. The zero-order valence-corrected chi connectivity index (χ0v) is 12.4. The molecule has 2 aromatic carbocycles. The molecule has 0 spiro atoms. The molecule has 0 saturated carbocycles. The highest BCUT2D eigenvalue weighted by Crippen LogP contribution is 2.16. The van der Waals surface area contributed by atoms with Crippen LogP contribution in [-0.2, 0) is 9.59 Å². The molecule has 114 valence electrons. The summed E-state index contributed by atoms with van der Waals surface area (Å²) in [6.07, 6.45) is 0. The van der Waals surface area contributed by atoms with E-state index in [1.807, 2.05) is 30.3 Å². The summed E-state index contributed by atoms with van der Waals surface area (Å²) in [5, 5.41) is 5.02. The van der Waals surface area contributed by atoms with Crippen LogP contribution in [0.2, 0.25) is 0 Å². The fourth-order valence-corrected chi connectivity index (χ4v) is 2.00. The summed E-state index contributed by atoms with van der Waals surface area (Å²) in [7, 11) is 0. The fourth-order valence-electron chi connectivity index (χ4n) is 2.00. The molecule has 1 atom stereocenters. The van der Waals surface area contributed by atoms with Gasteiger partial charge in [0.1, 0.15) is 5.82 Å². The van der Waals surface area contributed by atoms with Crippen LogP contribution >= 0.6 is 0 Å². The molecule has 0 aromatic heterocycles. The summed E-state index contributed by atoms with van der Waals surface area (Å²) < 4.78 is 13.2. The number of amides is 2. The lowest BCUT2D eigenvalue weighted by molar-refractivity contribution is -0.136. The minimum absolute atomic E-state index is 0.285. The number of carbonyl (C=O) groups excluding carboxylic acids is 2. The van der Waals surface area contributed by atoms with E-state index in [-0.39, 0.29) is 11.7 Å². The normalized spacial score (nSPS) is 11.6. The molecule has 0 aliphatic carbocycles. The number of nitrogens with one attached hydrogen (secondary N) is 2. The molecule has 5 heteroatoms. The number of aryl methyl sites for hydroxylation is 1. The average Bonchev–Trinajstić information content (AvgIpc) is 2.51. The Balaban J connectivity index is 2.01. The Hall–Kier alpha value is -2.69. The fraction of sp³-hybridized carbons (Fsp3) is 0.176. The minimum atomic E-state index is -0.823. The van der Waals surface area contributed by atoms with Crippen LogP contribution in [0.3, 0.4) is 0 Å². The summed E-state index contributed by atoms with van der Waals surface area (Å²) in [5.41, 5.74) is 1.86. The van der Waals surface area contributed by atoms with Crippen LogP contribution in [0.4, 0.5) is 10.1 Å². The molecular weight excluding hydrogens is 283 g/mol. The first-order valence-electron chi connectivity index (χ1n) is 6.90. The van der Waals surface area contributed by atoms with Crippen molar-refractivity contribution in [2.24, 2.45) is 0 Å². The second-order valence-corrected chi connectivity index (χ2v) is 5.02. The van der Waals surface area contributed by atoms with Crippen molar-refractivity contribution >= 4 is 17.5 Å². The van der Waals surface area contributed by atoms with Gasteiger partial charge in [0.15, 0.2) is 0 Å². The molecule has 0 unspecified atom stereocenters. The maximum absolute atomic E-state index is 13.2. The van der Waals surface area contributed by atoms with E-state index in [0.717, 1.165) is 5.56 Å². The molecule has 0 aliphatic rings. The summed E-state index contributed by atoms with van der Waals surface area (Å²) in [5.74, 6) is -2.06. The molecular formula is C17H17FN2O2. The average molecular weight is 300 g/mol. The maximum atomic E-state index is 13.2. The SMILES string of the molecule is Cc1ccc(F)cc1NC(=O)C(=O)N[C@H](C)c1ccccc1. The van der Waals surface area contributed by atoms with Gasteiger partial charge in [0.2, 0.25) is 0 Å². The van der Waals surface area contributed by atoms with Crippen molar-refractivity contribution in [1.29, 1.82) is 0 Å². The molecule has 0 fully saturated rings.